The number of aromatic hydroxyl groups is 1. The van der Waals surface area contributed by atoms with Crippen LogP contribution in [0.25, 0.3) is 11.4 Å². The summed E-state index contributed by atoms with van der Waals surface area (Å²) < 4.78 is 39.4. The van der Waals surface area contributed by atoms with Crippen molar-refractivity contribution in [3.63, 3.8) is 0 Å². The second kappa shape index (κ2) is 4.52. The van der Waals surface area contributed by atoms with Gasteiger partial charge in [-0.3, -0.25) is 9.97 Å². The third kappa shape index (κ3) is 3.09. The molecule has 0 aliphatic rings. The molecule has 94 valence electrons. The van der Waals surface area contributed by atoms with Crippen molar-refractivity contribution in [2.75, 3.05) is 0 Å². The standard InChI is InChI=1S/C11H7F3N2O2/c12-11(13,14)18-8-2-4-10(16-6-8)9-3-1-7(17)5-15-9/h1-6,17H. The van der Waals surface area contributed by atoms with Gasteiger partial charge in [0.2, 0.25) is 0 Å². The lowest BCUT2D eigenvalue weighted by Gasteiger charge is -2.08. The van der Waals surface area contributed by atoms with Gasteiger partial charge in [0.15, 0.2) is 0 Å². The minimum atomic E-state index is -4.74. The highest BCUT2D eigenvalue weighted by Crippen LogP contribution is 2.24. The summed E-state index contributed by atoms with van der Waals surface area (Å²) in [6, 6.07) is 5.40. The van der Waals surface area contributed by atoms with E-state index in [1.165, 1.54) is 24.4 Å². The molecular weight excluding hydrogens is 249 g/mol. The Morgan fingerprint density at radius 3 is 2.00 bits per heavy atom. The predicted molar refractivity (Wildman–Crippen MR) is 55.8 cm³/mol. The van der Waals surface area contributed by atoms with Crippen molar-refractivity contribution in [2.45, 2.75) is 6.36 Å². The molecule has 0 aromatic carbocycles. The molecule has 2 aromatic heterocycles. The molecule has 2 heterocycles. The summed E-state index contributed by atoms with van der Waals surface area (Å²) >= 11 is 0. The zero-order chi connectivity index (χ0) is 13.2. The Kier molecular flexibility index (Phi) is 3.05. The lowest BCUT2D eigenvalue weighted by molar-refractivity contribution is -0.274. The number of halogens is 3. The predicted octanol–water partition coefficient (Wildman–Crippen LogP) is 2.75. The molecule has 0 atom stereocenters. The van der Waals surface area contributed by atoms with Crippen molar-refractivity contribution in [1.82, 2.24) is 9.97 Å². The summed E-state index contributed by atoms with van der Waals surface area (Å²) in [6.07, 6.45) is -2.56. The molecule has 0 aliphatic carbocycles. The SMILES string of the molecule is Oc1ccc(-c2ccc(OC(F)(F)F)cn2)nc1. The highest BCUT2D eigenvalue weighted by Gasteiger charge is 2.31. The fourth-order valence-electron chi connectivity index (χ4n) is 1.26. The second-order valence-electron chi connectivity index (χ2n) is 3.33. The lowest BCUT2D eigenvalue weighted by Crippen LogP contribution is -2.17. The second-order valence-corrected chi connectivity index (χ2v) is 3.33. The van der Waals surface area contributed by atoms with E-state index in [0.717, 1.165) is 12.3 Å². The highest BCUT2D eigenvalue weighted by atomic mass is 19.4. The van der Waals surface area contributed by atoms with Crippen LogP contribution < -0.4 is 4.74 Å². The Bertz CT molecular complexity index is 523. The van der Waals surface area contributed by atoms with Gasteiger partial charge in [-0.25, -0.2) is 0 Å². The van der Waals surface area contributed by atoms with Crippen LogP contribution in [-0.2, 0) is 0 Å². The summed E-state index contributed by atoms with van der Waals surface area (Å²) in [4.78, 5) is 7.67. The van der Waals surface area contributed by atoms with E-state index >= 15 is 0 Å². The first kappa shape index (κ1) is 12.2. The maximum absolute atomic E-state index is 11.9. The van der Waals surface area contributed by atoms with Crippen LogP contribution in [0.2, 0.25) is 0 Å². The van der Waals surface area contributed by atoms with E-state index in [1.807, 2.05) is 0 Å². The molecule has 0 bridgehead atoms. The minimum absolute atomic E-state index is 0.00391. The average molecular weight is 256 g/mol. The largest absolute Gasteiger partial charge is 0.573 e. The molecule has 0 fully saturated rings. The Labute approximate surface area is 99.7 Å². The molecular formula is C11H7F3N2O2. The molecule has 18 heavy (non-hydrogen) atoms. The van der Waals surface area contributed by atoms with Gasteiger partial charge in [0.05, 0.1) is 23.8 Å². The molecule has 7 heteroatoms. The first-order valence-corrected chi connectivity index (χ1v) is 4.81. The van der Waals surface area contributed by atoms with Crippen LogP contribution in [-0.4, -0.2) is 21.4 Å². The minimum Gasteiger partial charge on any atom is -0.506 e. The highest BCUT2D eigenvalue weighted by molar-refractivity contribution is 5.54. The zero-order valence-corrected chi connectivity index (χ0v) is 8.85. The molecule has 0 amide bonds. The van der Waals surface area contributed by atoms with Crippen LogP contribution in [0.3, 0.4) is 0 Å². The molecule has 0 unspecified atom stereocenters. The van der Waals surface area contributed by atoms with Crippen molar-refractivity contribution in [3.8, 4) is 22.9 Å². The molecule has 0 aliphatic heterocycles. The van der Waals surface area contributed by atoms with Gasteiger partial charge in [-0.1, -0.05) is 0 Å². The smallest absolute Gasteiger partial charge is 0.506 e. The van der Waals surface area contributed by atoms with Gasteiger partial charge in [0.1, 0.15) is 11.5 Å². The van der Waals surface area contributed by atoms with E-state index in [2.05, 4.69) is 14.7 Å². The summed E-state index contributed by atoms with van der Waals surface area (Å²) in [5.41, 5.74) is 0.816. The van der Waals surface area contributed by atoms with E-state index in [-0.39, 0.29) is 5.75 Å². The van der Waals surface area contributed by atoms with E-state index in [0.29, 0.717) is 11.4 Å². The third-order valence-corrected chi connectivity index (χ3v) is 1.98. The molecule has 2 rings (SSSR count). The first-order chi connectivity index (χ1) is 8.44. The van der Waals surface area contributed by atoms with Crippen LogP contribution in [0.15, 0.2) is 36.7 Å². The van der Waals surface area contributed by atoms with Crippen molar-refractivity contribution < 1.29 is 23.0 Å². The van der Waals surface area contributed by atoms with E-state index in [4.69, 9.17) is 5.11 Å². The molecule has 4 nitrogen and oxygen atoms in total. The van der Waals surface area contributed by atoms with Crippen LogP contribution >= 0.6 is 0 Å². The van der Waals surface area contributed by atoms with Crippen molar-refractivity contribution in [3.05, 3.63) is 36.7 Å². The number of hydrogen-bond acceptors (Lipinski definition) is 4. The summed E-state index contributed by atoms with van der Waals surface area (Å²) in [5, 5.41) is 9.05. The topological polar surface area (TPSA) is 55.2 Å². The maximum Gasteiger partial charge on any atom is 0.573 e. The summed E-state index contributed by atoms with van der Waals surface area (Å²) in [7, 11) is 0. The molecule has 0 saturated heterocycles. The Morgan fingerprint density at radius 2 is 1.56 bits per heavy atom. The monoisotopic (exact) mass is 256 g/mol. The van der Waals surface area contributed by atoms with Crippen molar-refractivity contribution >= 4 is 0 Å². The Morgan fingerprint density at radius 1 is 0.944 bits per heavy atom. The quantitative estimate of drug-likeness (QED) is 0.897. The van der Waals surface area contributed by atoms with Crippen LogP contribution in [0.1, 0.15) is 0 Å². The number of hydrogen-bond donors (Lipinski definition) is 1. The van der Waals surface area contributed by atoms with E-state index < -0.39 is 12.1 Å². The van der Waals surface area contributed by atoms with Crippen LogP contribution in [0.5, 0.6) is 11.5 Å². The van der Waals surface area contributed by atoms with Gasteiger partial charge >= 0.3 is 6.36 Å². The zero-order valence-electron chi connectivity index (χ0n) is 8.85. The Hall–Kier alpha value is -2.31. The number of nitrogens with zero attached hydrogens (tertiary/aromatic N) is 2. The number of alkyl halides is 3. The van der Waals surface area contributed by atoms with Gasteiger partial charge < -0.3 is 9.84 Å². The number of rotatable bonds is 2. The first-order valence-electron chi connectivity index (χ1n) is 4.81. The average Bonchev–Trinajstić information content (AvgIpc) is 2.29. The van der Waals surface area contributed by atoms with E-state index in [9.17, 15) is 13.2 Å². The summed E-state index contributed by atoms with van der Waals surface area (Å²) in [6.45, 7) is 0. The van der Waals surface area contributed by atoms with Crippen LogP contribution in [0.4, 0.5) is 13.2 Å². The fourth-order valence-corrected chi connectivity index (χ4v) is 1.26. The molecule has 0 spiro atoms. The number of pyridine rings is 2. The maximum atomic E-state index is 11.9. The third-order valence-electron chi connectivity index (χ3n) is 1.98. The van der Waals surface area contributed by atoms with Gasteiger partial charge in [0.25, 0.3) is 0 Å². The van der Waals surface area contributed by atoms with Gasteiger partial charge in [-0.2, -0.15) is 0 Å². The van der Waals surface area contributed by atoms with Gasteiger partial charge in [0, 0.05) is 0 Å². The fraction of sp³-hybridized carbons (Fsp3) is 0.0909. The molecule has 0 saturated carbocycles. The van der Waals surface area contributed by atoms with Crippen molar-refractivity contribution in [1.29, 1.82) is 0 Å². The number of aromatic nitrogens is 2. The molecule has 1 N–H and O–H groups in total. The van der Waals surface area contributed by atoms with Gasteiger partial charge in [-0.15, -0.1) is 13.2 Å². The normalized spacial score (nSPS) is 11.3. The molecule has 0 radical (unpaired) electrons. The lowest BCUT2D eigenvalue weighted by atomic mass is 10.2. The van der Waals surface area contributed by atoms with Crippen molar-refractivity contribution in [2.24, 2.45) is 0 Å². The van der Waals surface area contributed by atoms with Crippen LogP contribution in [0, 0.1) is 0 Å². The number of ether oxygens (including phenoxy) is 1. The van der Waals surface area contributed by atoms with Gasteiger partial charge in [-0.05, 0) is 24.3 Å². The Balaban J connectivity index is 2.20. The molecule has 2 aromatic rings. The van der Waals surface area contributed by atoms with E-state index in [1.54, 1.807) is 0 Å². The summed E-state index contributed by atoms with van der Waals surface area (Å²) in [5.74, 6) is -0.402.